The zero-order chi connectivity index (χ0) is 25.2. The zero-order valence-corrected chi connectivity index (χ0v) is 21.3. The molecule has 36 heavy (non-hydrogen) atoms. The Labute approximate surface area is 215 Å². The number of aromatic nitrogens is 1. The molecule has 1 amide bonds. The molecule has 1 fully saturated rings. The van der Waals surface area contributed by atoms with Gasteiger partial charge in [0.1, 0.15) is 16.8 Å². The molecule has 186 valence electrons. The van der Waals surface area contributed by atoms with Gasteiger partial charge in [-0.25, -0.2) is 4.98 Å². The Morgan fingerprint density at radius 3 is 2.94 bits per heavy atom. The Bertz CT molecular complexity index is 1310. The smallest absolute Gasteiger partial charge is 0.236 e. The van der Waals surface area contributed by atoms with Crippen LogP contribution in [-0.4, -0.2) is 52.7 Å². The Morgan fingerprint density at radius 1 is 1.33 bits per heavy atom. The van der Waals surface area contributed by atoms with Crippen molar-refractivity contribution < 1.29 is 14.6 Å². The molecule has 0 bridgehead atoms. The number of amides is 1. The molecular formula is C28H30N4O3S. The predicted octanol–water partition coefficient (Wildman–Crippen LogP) is 4.31. The number of ether oxygens (including phenoxy) is 1. The van der Waals surface area contributed by atoms with Gasteiger partial charge in [-0.3, -0.25) is 4.79 Å². The third-order valence-electron chi connectivity index (χ3n) is 6.77. The molecule has 1 aliphatic carbocycles. The molecule has 1 saturated heterocycles. The molecule has 2 aromatic carbocycles. The van der Waals surface area contributed by atoms with Crippen LogP contribution in [0.4, 0.5) is 0 Å². The number of likely N-dealkylation sites (tertiary alicyclic amines) is 1. The molecule has 7 nitrogen and oxygen atoms in total. The Morgan fingerprint density at radius 2 is 2.19 bits per heavy atom. The minimum Gasteiger partial charge on any atom is -0.490 e. The van der Waals surface area contributed by atoms with Crippen LogP contribution >= 0.6 is 11.3 Å². The largest absolute Gasteiger partial charge is 0.490 e. The summed E-state index contributed by atoms with van der Waals surface area (Å²) in [5.41, 5.74) is 5.11. The van der Waals surface area contributed by atoms with Gasteiger partial charge in [-0.2, -0.15) is 5.26 Å². The van der Waals surface area contributed by atoms with Gasteiger partial charge in [-0.1, -0.05) is 18.2 Å². The highest BCUT2D eigenvalue weighted by Gasteiger charge is 2.28. The maximum absolute atomic E-state index is 12.5. The van der Waals surface area contributed by atoms with Gasteiger partial charge in [0, 0.05) is 30.9 Å². The number of nitrogens with one attached hydrogen (secondary N) is 1. The summed E-state index contributed by atoms with van der Waals surface area (Å²) in [6.07, 6.45) is 4.04. The fourth-order valence-corrected chi connectivity index (χ4v) is 5.99. The summed E-state index contributed by atoms with van der Waals surface area (Å²) in [7, 11) is 0. The number of benzene rings is 2. The topological polar surface area (TPSA) is 98.5 Å². The molecule has 2 N–H and O–H groups in total. The number of nitrogens with zero attached hydrogens (tertiary/aromatic N) is 3. The van der Waals surface area contributed by atoms with Crippen molar-refractivity contribution in [1.29, 1.82) is 5.26 Å². The van der Waals surface area contributed by atoms with E-state index in [2.05, 4.69) is 34.6 Å². The lowest BCUT2D eigenvalue weighted by Crippen LogP contribution is -2.38. The number of thiazole rings is 1. The first-order valence-corrected chi connectivity index (χ1v) is 13.2. The van der Waals surface area contributed by atoms with Crippen LogP contribution in [0, 0.1) is 11.3 Å². The van der Waals surface area contributed by atoms with E-state index in [1.807, 2.05) is 38.2 Å². The lowest BCUT2D eigenvalue weighted by molar-refractivity contribution is -0.129. The van der Waals surface area contributed by atoms with Crippen LogP contribution in [0.5, 0.6) is 5.75 Å². The number of hydrogen-bond acceptors (Lipinski definition) is 7. The van der Waals surface area contributed by atoms with E-state index < -0.39 is 6.10 Å². The maximum Gasteiger partial charge on any atom is 0.236 e. The second-order valence-electron chi connectivity index (χ2n) is 9.65. The summed E-state index contributed by atoms with van der Waals surface area (Å²) >= 11 is 1.61. The molecule has 0 radical (unpaired) electrons. The summed E-state index contributed by atoms with van der Waals surface area (Å²) in [5, 5.41) is 23.6. The summed E-state index contributed by atoms with van der Waals surface area (Å²) in [5.74, 6) is 0.636. The first-order chi connectivity index (χ1) is 17.4. The summed E-state index contributed by atoms with van der Waals surface area (Å²) in [4.78, 5) is 20.0. The van der Waals surface area contributed by atoms with Crippen LogP contribution < -0.4 is 10.1 Å². The van der Waals surface area contributed by atoms with Crippen molar-refractivity contribution in [2.75, 3.05) is 19.6 Å². The Balaban J connectivity index is 1.32. The Kier molecular flexibility index (Phi) is 7.06. The van der Waals surface area contributed by atoms with E-state index in [4.69, 9.17) is 4.74 Å². The number of nitriles is 1. The van der Waals surface area contributed by atoms with Crippen LogP contribution in [-0.2, 0) is 11.2 Å². The van der Waals surface area contributed by atoms with E-state index in [0.717, 1.165) is 28.3 Å². The van der Waals surface area contributed by atoms with Gasteiger partial charge >= 0.3 is 0 Å². The van der Waals surface area contributed by atoms with Gasteiger partial charge in [0.2, 0.25) is 5.91 Å². The fraction of sp³-hybridized carbons (Fsp3) is 0.393. The minimum atomic E-state index is -0.397. The number of hydrogen-bond donors (Lipinski definition) is 2. The van der Waals surface area contributed by atoms with Gasteiger partial charge in [-0.15, -0.1) is 11.3 Å². The molecule has 2 aliphatic rings. The van der Waals surface area contributed by atoms with Crippen molar-refractivity contribution in [2.45, 2.75) is 51.4 Å². The van der Waals surface area contributed by atoms with Gasteiger partial charge < -0.3 is 20.1 Å². The van der Waals surface area contributed by atoms with E-state index in [9.17, 15) is 15.2 Å². The van der Waals surface area contributed by atoms with Crippen molar-refractivity contribution in [2.24, 2.45) is 0 Å². The predicted molar refractivity (Wildman–Crippen MR) is 140 cm³/mol. The monoisotopic (exact) mass is 502 g/mol. The summed E-state index contributed by atoms with van der Waals surface area (Å²) in [6, 6.07) is 14.3. The number of carbonyl (C=O) groups is 1. The first kappa shape index (κ1) is 24.4. The van der Waals surface area contributed by atoms with Crippen LogP contribution in [0.15, 0.2) is 42.6 Å². The van der Waals surface area contributed by atoms with E-state index in [-0.39, 0.29) is 24.6 Å². The minimum absolute atomic E-state index is 0.000793. The number of aliphatic hydroxyl groups excluding tert-OH is 1. The highest BCUT2D eigenvalue weighted by molar-refractivity contribution is 7.18. The molecule has 0 saturated carbocycles. The molecule has 0 unspecified atom stereocenters. The van der Waals surface area contributed by atoms with Crippen LogP contribution in [0.3, 0.4) is 0 Å². The maximum atomic E-state index is 12.5. The van der Waals surface area contributed by atoms with Crippen LogP contribution in [0.2, 0.25) is 0 Å². The summed E-state index contributed by atoms with van der Waals surface area (Å²) in [6.45, 7) is 5.23. The Hall–Kier alpha value is -3.25. The zero-order valence-electron chi connectivity index (χ0n) is 20.5. The normalized spacial score (nSPS) is 18.9. The van der Waals surface area contributed by atoms with Crippen molar-refractivity contribution >= 4 is 17.2 Å². The number of fused-ring (bicyclic) bond motifs is 1. The highest BCUT2D eigenvalue weighted by Crippen LogP contribution is 2.41. The van der Waals surface area contributed by atoms with Gasteiger partial charge in [0.05, 0.1) is 29.2 Å². The van der Waals surface area contributed by atoms with Crippen LogP contribution in [0.25, 0.3) is 21.0 Å². The van der Waals surface area contributed by atoms with Crippen molar-refractivity contribution in [1.82, 2.24) is 15.2 Å². The summed E-state index contributed by atoms with van der Waals surface area (Å²) < 4.78 is 5.75. The second-order valence-corrected chi connectivity index (χ2v) is 10.7. The standard InChI is InChI=1S/C28H30N4O3S/c1-17(2)35-25-9-6-18(12-19(25)13-29)28-31-14-26(36-28)23-5-3-4-22-21(23)7-8-24(22)30-15-27(34)32-11-10-20(33)16-32/h3-6,9,12,14,17,20,24,30,33H,7-8,10-11,15-16H2,1-2H3/t20-,24-/m0/s1. The SMILES string of the molecule is CC(C)Oc1ccc(-c2ncc(-c3cccc4c3CC[C@@H]4NCC(=O)N3CC[C@H](O)C3)s2)cc1C#N. The average Bonchev–Trinajstić information content (AvgIpc) is 3.62. The van der Waals surface area contributed by atoms with E-state index in [1.54, 1.807) is 16.2 Å². The molecule has 1 aromatic heterocycles. The third kappa shape index (κ3) is 5.00. The number of aliphatic hydroxyl groups is 1. The highest BCUT2D eigenvalue weighted by atomic mass is 32.1. The van der Waals surface area contributed by atoms with E-state index >= 15 is 0 Å². The van der Waals surface area contributed by atoms with Crippen molar-refractivity contribution in [3.63, 3.8) is 0 Å². The molecule has 8 heteroatoms. The van der Waals surface area contributed by atoms with Gasteiger partial charge in [0.15, 0.2) is 0 Å². The van der Waals surface area contributed by atoms with Crippen molar-refractivity contribution in [3.05, 3.63) is 59.3 Å². The van der Waals surface area contributed by atoms with E-state index in [0.29, 0.717) is 30.8 Å². The molecule has 5 rings (SSSR count). The number of rotatable bonds is 7. The van der Waals surface area contributed by atoms with Gasteiger partial charge in [-0.05, 0) is 68.0 Å². The molecule has 2 heterocycles. The lowest BCUT2D eigenvalue weighted by atomic mass is 10.0. The molecular weight excluding hydrogens is 472 g/mol. The molecule has 1 aliphatic heterocycles. The van der Waals surface area contributed by atoms with Crippen LogP contribution in [0.1, 0.15) is 49.4 Å². The second kappa shape index (κ2) is 10.4. The quantitative estimate of drug-likeness (QED) is 0.500. The van der Waals surface area contributed by atoms with Gasteiger partial charge in [0.25, 0.3) is 0 Å². The number of β-amino-alcohol motifs (C(OH)–C–C–N with tert-alkyl or cyclic N) is 1. The third-order valence-corrected chi connectivity index (χ3v) is 7.85. The molecule has 0 spiro atoms. The molecule has 2 atom stereocenters. The fourth-order valence-electron chi connectivity index (χ4n) is 5.03. The molecule has 3 aromatic rings. The lowest BCUT2D eigenvalue weighted by Gasteiger charge is -2.19. The number of carbonyl (C=O) groups excluding carboxylic acids is 1. The first-order valence-electron chi connectivity index (χ1n) is 12.4. The van der Waals surface area contributed by atoms with E-state index in [1.165, 1.54) is 16.7 Å². The average molecular weight is 503 g/mol. The van der Waals surface area contributed by atoms with Crippen molar-refractivity contribution in [3.8, 4) is 32.8 Å².